The predicted octanol–water partition coefficient (Wildman–Crippen LogP) is 3.74. The van der Waals surface area contributed by atoms with E-state index in [-0.39, 0.29) is 4.87 Å². The van der Waals surface area contributed by atoms with Gasteiger partial charge in [-0.2, -0.15) is 0 Å². The molecule has 0 amide bonds. The van der Waals surface area contributed by atoms with Gasteiger partial charge >= 0.3 is 4.87 Å². The van der Waals surface area contributed by atoms with E-state index in [1.54, 1.807) is 11.3 Å². The van der Waals surface area contributed by atoms with Crippen molar-refractivity contribution in [1.29, 1.82) is 0 Å². The third-order valence-corrected chi connectivity index (χ3v) is 5.36. The Hall–Kier alpha value is -0.650. The van der Waals surface area contributed by atoms with Crippen LogP contribution in [0.15, 0.2) is 10.2 Å². The molecule has 0 N–H and O–H groups in total. The van der Waals surface area contributed by atoms with Gasteiger partial charge in [-0.05, 0) is 33.1 Å². The van der Waals surface area contributed by atoms with Gasteiger partial charge in [0.1, 0.15) is 0 Å². The van der Waals surface area contributed by atoms with Crippen LogP contribution in [0.4, 0.5) is 0 Å². The molecule has 0 bridgehead atoms. The molecule has 0 aliphatic heterocycles. The number of halogens is 1. The summed E-state index contributed by atoms with van der Waals surface area (Å²) in [6, 6.07) is 0. The first-order valence-electron chi connectivity index (χ1n) is 6.28. The number of hydrogen-bond donors (Lipinski definition) is 0. The average molecular weight is 317 g/mol. The maximum atomic E-state index is 11.7. The van der Waals surface area contributed by atoms with Gasteiger partial charge in [-0.15, -0.1) is 22.9 Å². The third-order valence-electron chi connectivity index (χ3n) is 3.13. The van der Waals surface area contributed by atoms with Gasteiger partial charge in [0, 0.05) is 22.5 Å². The minimum atomic E-state index is 0.161. The van der Waals surface area contributed by atoms with Crippen LogP contribution < -0.4 is 4.87 Å². The summed E-state index contributed by atoms with van der Waals surface area (Å²) < 4.78 is 1.88. The Labute approximate surface area is 125 Å². The molecule has 6 heteroatoms. The lowest BCUT2D eigenvalue weighted by Gasteiger charge is -2.04. The van der Waals surface area contributed by atoms with E-state index in [1.807, 2.05) is 23.8 Å². The van der Waals surface area contributed by atoms with E-state index < -0.39 is 0 Å². The summed E-state index contributed by atoms with van der Waals surface area (Å²) in [7, 11) is 0. The second-order valence-corrected chi connectivity index (χ2v) is 6.86. The summed E-state index contributed by atoms with van der Waals surface area (Å²) in [5.41, 5.74) is 2.07. The van der Waals surface area contributed by atoms with E-state index in [1.165, 1.54) is 11.3 Å². The Morgan fingerprint density at radius 1 is 1.37 bits per heavy atom. The molecule has 19 heavy (non-hydrogen) atoms. The smallest absolute Gasteiger partial charge is 0.303 e. The van der Waals surface area contributed by atoms with Crippen LogP contribution in [0.1, 0.15) is 34.1 Å². The zero-order valence-electron chi connectivity index (χ0n) is 11.1. The minimum Gasteiger partial charge on any atom is -0.303 e. The number of aryl methyl sites for hydroxylation is 2. The molecule has 2 rings (SSSR count). The molecule has 0 saturated heterocycles. The average Bonchev–Trinajstić information content (AvgIpc) is 2.93. The van der Waals surface area contributed by atoms with Gasteiger partial charge in [0.25, 0.3) is 0 Å². The zero-order valence-corrected chi connectivity index (χ0v) is 13.5. The fraction of sp³-hybridized carbons (Fsp3) is 0.538. The summed E-state index contributed by atoms with van der Waals surface area (Å²) in [4.78, 5) is 17.4. The Bertz CT molecular complexity index is 600. The number of unbranched alkanes of at least 4 members (excludes halogenated alkanes) is 1. The fourth-order valence-corrected chi connectivity index (χ4v) is 3.84. The number of rotatable bonds is 6. The second-order valence-electron chi connectivity index (χ2n) is 4.48. The van der Waals surface area contributed by atoms with Crippen molar-refractivity contribution >= 4 is 34.3 Å². The highest BCUT2D eigenvalue weighted by Gasteiger charge is 2.07. The molecule has 2 aromatic rings. The quantitative estimate of drug-likeness (QED) is 0.601. The second kappa shape index (κ2) is 6.68. The highest BCUT2D eigenvalue weighted by Crippen LogP contribution is 2.15. The lowest BCUT2D eigenvalue weighted by atomic mass is 10.2. The van der Waals surface area contributed by atoms with Crippen molar-refractivity contribution in [3.63, 3.8) is 0 Å². The Balaban J connectivity index is 1.82. The van der Waals surface area contributed by atoms with Crippen molar-refractivity contribution < 1.29 is 0 Å². The van der Waals surface area contributed by atoms with Crippen LogP contribution in [-0.2, 0) is 18.8 Å². The zero-order chi connectivity index (χ0) is 13.8. The van der Waals surface area contributed by atoms with Gasteiger partial charge in [-0.25, -0.2) is 4.98 Å². The van der Waals surface area contributed by atoms with Crippen LogP contribution >= 0.6 is 34.3 Å². The van der Waals surface area contributed by atoms with Gasteiger partial charge in [-0.1, -0.05) is 11.3 Å². The van der Waals surface area contributed by atoms with E-state index in [9.17, 15) is 4.79 Å². The SMILES string of the molecule is Cc1sc(=O)n(CCCCc2nc(CCl)cs2)c1C. The maximum Gasteiger partial charge on any atom is 0.307 e. The first-order valence-corrected chi connectivity index (χ1v) is 8.51. The minimum absolute atomic E-state index is 0.161. The normalized spacial score (nSPS) is 11.1. The number of aromatic nitrogens is 2. The number of alkyl halides is 1. The van der Waals surface area contributed by atoms with Crippen molar-refractivity contribution in [3.8, 4) is 0 Å². The summed E-state index contributed by atoms with van der Waals surface area (Å²) in [6.07, 6.45) is 3.03. The standard InChI is InChI=1S/C13H17ClN2OS2/c1-9-10(2)19-13(17)16(9)6-4-3-5-12-15-11(7-14)8-18-12/h8H,3-7H2,1-2H3. The summed E-state index contributed by atoms with van der Waals surface area (Å²) >= 11 is 8.73. The van der Waals surface area contributed by atoms with E-state index in [0.29, 0.717) is 5.88 Å². The van der Waals surface area contributed by atoms with Crippen molar-refractivity contribution in [3.05, 3.63) is 36.3 Å². The van der Waals surface area contributed by atoms with Crippen LogP contribution in [0.5, 0.6) is 0 Å². The van der Waals surface area contributed by atoms with E-state index in [2.05, 4.69) is 4.98 Å². The molecule has 0 atom stereocenters. The van der Waals surface area contributed by atoms with Crippen molar-refractivity contribution in [2.45, 2.75) is 45.5 Å². The van der Waals surface area contributed by atoms with Crippen LogP contribution in [0.25, 0.3) is 0 Å². The first-order chi connectivity index (χ1) is 9.11. The highest BCUT2D eigenvalue weighted by molar-refractivity contribution is 7.09. The first kappa shape index (κ1) is 14.8. The lowest BCUT2D eigenvalue weighted by Crippen LogP contribution is -2.14. The molecule has 0 saturated carbocycles. The van der Waals surface area contributed by atoms with E-state index >= 15 is 0 Å². The van der Waals surface area contributed by atoms with Gasteiger partial charge in [0.2, 0.25) is 0 Å². The molecule has 104 valence electrons. The molecule has 0 spiro atoms. The number of nitrogens with zero attached hydrogens (tertiary/aromatic N) is 2. The van der Waals surface area contributed by atoms with Gasteiger partial charge in [0.15, 0.2) is 0 Å². The van der Waals surface area contributed by atoms with Gasteiger partial charge < -0.3 is 4.57 Å². The van der Waals surface area contributed by atoms with Crippen LogP contribution in [0, 0.1) is 13.8 Å². The molecular weight excluding hydrogens is 300 g/mol. The van der Waals surface area contributed by atoms with Crippen molar-refractivity contribution in [1.82, 2.24) is 9.55 Å². The molecular formula is C13H17ClN2OS2. The third kappa shape index (κ3) is 3.68. The summed E-state index contributed by atoms with van der Waals surface area (Å²) in [5.74, 6) is 0.485. The van der Waals surface area contributed by atoms with Crippen LogP contribution in [-0.4, -0.2) is 9.55 Å². The van der Waals surface area contributed by atoms with Crippen LogP contribution in [0.3, 0.4) is 0 Å². The molecule has 3 nitrogen and oxygen atoms in total. The van der Waals surface area contributed by atoms with Gasteiger partial charge in [0.05, 0.1) is 16.6 Å². The Morgan fingerprint density at radius 2 is 2.16 bits per heavy atom. The van der Waals surface area contributed by atoms with E-state index in [4.69, 9.17) is 11.6 Å². The van der Waals surface area contributed by atoms with E-state index in [0.717, 1.165) is 47.1 Å². The maximum absolute atomic E-state index is 11.7. The molecule has 0 aliphatic rings. The fourth-order valence-electron chi connectivity index (χ4n) is 1.92. The molecule has 2 aromatic heterocycles. The largest absolute Gasteiger partial charge is 0.307 e. The van der Waals surface area contributed by atoms with Gasteiger partial charge in [-0.3, -0.25) is 4.79 Å². The molecule has 0 aliphatic carbocycles. The molecule has 0 aromatic carbocycles. The van der Waals surface area contributed by atoms with Crippen LogP contribution in [0.2, 0.25) is 0 Å². The Morgan fingerprint density at radius 3 is 2.74 bits per heavy atom. The Kier molecular flexibility index (Phi) is 5.19. The predicted molar refractivity (Wildman–Crippen MR) is 82.7 cm³/mol. The molecule has 0 radical (unpaired) electrons. The highest BCUT2D eigenvalue weighted by atomic mass is 35.5. The van der Waals surface area contributed by atoms with Crippen molar-refractivity contribution in [2.75, 3.05) is 0 Å². The molecule has 2 heterocycles. The number of hydrogen-bond acceptors (Lipinski definition) is 4. The summed E-state index contributed by atoms with van der Waals surface area (Å²) in [6.45, 7) is 4.82. The van der Waals surface area contributed by atoms with Crippen molar-refractivity contribution in [2.24, 2.45) is 0 Å². The summed E-state index contributed by atoms with van der Waals surface area (Å²) in [5, 5.41) is 3.15. The lowest BCUT2D eigenvalue weighted by molar-refractivity contribution is 0.590. The topological polar surface area (TPSA) is 34.9 Å². The molecule has 0 fully saturated rings. The monoisotopic (exact) mass is 316 g/mol. The molecule has 0 unspecified atom stereocenters. The number of thiazole rings is 2.